The normalized spacial score (nSPS) is 16.7. The molecule has 0 aliphatic heterocycles. The predicted octanol–water partition coefficient (Wildman–Crippen LogP) is 3.33. The molecule has 0 aromatic heterocycles. The Morgan fingerprint density at radius 3 is 2.54 bits per heavy atom. The van der Waals surface area contributed by atoms with E-state index in [1.54, 1.807) is 12.1 Å². The second kappa shape index (κ2) is 8.94. The number of hydrogen-bond donors (Lipinski definition) is 2. The number of nitrogens with one attached hydrogen (secondary N) is 2. The van der Waals surface area contributed by atoms with Crippen molar-refractivity contribution < 1.29 is 14.0 Å². The van der Waals surface area contributed by atoms with E-state index < -0.39 is 11.7 Å². The summed E-state index contributed by atoms with van der Waals surface area (Å²) in [5.74, 6) is -1.38. The summed E-state index contributed by atoms with van der Waals surface area (Å²) in [5, 5.41) is 5.56. The van der Waals surface area contributed by atoms with Gasteiger partial charge in [0.25, 0.3) is 5.91 Å². The number of amides is 2. The maximum absolute atomic E-state index is 14.4. The lowest BCUT2D eigenvalue weighted by Crippen LogP contribution is -2.47. The van der Waals surface area contributed by atoms with Crippen LogP contribution in [0.4, 0.5) is 10.1 Å². The van der Waals surface area contributed by atoms with Gasteiger partial charge in [-0.15, -0.1) is 0 Å². The first kappa shape index (κ1) is 20.1. The molecule has 6 heteroatoms. The van der Waals surface area contributed by atoms with E-state index in [0.29, 0.717) is 12.2 Å². The average molecular weight is 361 g/mol. The minimum Gasteiger partial charge on any atom is -0.347 e. The van der Waals surface area contributed by atoms with Crippen LogP contribution in [-0.2, 0) is 4.79 Å². The lowest BCUT2D eigenvalue weighted by molar-refractivity contribution is -0.111. The van der Waals surface area contributed by atoms with Gasteiger partial charge >= 0.3 is 0 Å². The van der Waals surface area contributed by atoms with Gasteiger partial charge in [-0.2, -0.15) is 0 Å². The van der Waals surface area contributed by atoms with Crippen LogP contribution in [0.2, 0.25) is 0 Å². The molecule has 2 amide bonds. The third kappa shape index (κ3) is 5.95. The fourth-order valence-corrected chi connectivity index (χ4v) is 3.13. The Kier molecular flexibility index (Phi) is 6.91. The molecule has 5 nitrogen and oxygen atoms in total. The summed E-state index contributed by atoms with van der Waals surface area (Å²) in [6, 6.07) is 4.13. The Hall–Kier alpha value is -2.21. The van der Waals surface area contributed by atoms with Crippen LogP contribution in [0.5, 0.6) is 0 Å². The third-order valence-corrected chi connectivity index (χ3v) is 4.59. The number of benzene rings is 1. The fourth-order valence-electron chi connectivity index (χ4n) is 3.13. The number of carbonyl (C=O) groups is 2. The lowest BCUT2D eigenvalue weighted by atomic mass is 9.83. The molecule has 0 spiro atoms. The SMILES string of the molecule is CN(C)C/C=C/C(=O)Nc1ccc(C(=O)NC2(C)CCCCC2)c(F)c1. The van der Waals surface area contributed by atoms with Crippen LogP contribution in [0.25, 0.3) is 0 Å². The van der Waals surface area contributed by atoms with E-state index in [2.05, 4.69) is 10.6 Å². The second-order valence-corrected chi connectivity index (χ2v) is 7.42. The first-order valence-corrected chi connectivity index (χ1v) is 9.03. The van der Waals surface area contributed by atoms with Gasteiger partial charge in [0.2, 0.25) is 5.91 Å². The summed E-state index contributed by atoms with van der Waals surface area (Å²) in [6.45, 7) is 2.65. The molecule has 0 radical (unpaired) electrons. The molecule has 2 rings (SSSR count). The molecule has 0 heterocycles. The number of likely N-dealkylation sites (N-methyl/N-ethyl adjacent to an activating group) is 1. The van der Waals surface area contributed by atoms with E-state index in [-0.39, 0.29) is 17.0 Å². The summed E-state index contributed by atoms with van der Waals surface area (Å²) in [4.78, 5) is 26.2. The van der Waals surface area contributed by atoms with Gasteiger partial charge < -0.3 is 15.5 Å². The minimum atomic E-state index is -0.642. The van der Waals surface area contributed by atoms with Crippen LogP contribution in [0, 0.1) is 5.82 Å². The van der Waals surface area contributed by atoms with Crippen LogP contribution in [0.15, 0.2) is 30.4 Å². The van der Waals surface area contributed by atoms with Crippen molar-refractivity contribution in [2.45, 2.75) is 44.6 Å². The van der Waals surface area contributed by atoms with E-state index in [0.717, 1.165) is 25.7 Å². The zero-order chi connectivity index (χ0) is 19.2. The van der Waals surface area contributed by atoms with E-state index in [1.165, 1.54) is 24.6 Å². The summed E-state index contributed by atoms with van der Waals surface area (Å²) in [6.07, 6.45) is 8.27. The van der Waals surface area contributed by atoms with Crippen molar-refractivity contribution in [2.75, 3.05) is 26.0 Å². The van der Waals surface area contributed by atoms with E-state index in [1.807, 2.05) is 25.9 Å². The van der Waals surface area contributed by atoms with Gasteiger partial charge in [-0.05, 0) is 52.1 Å². The Morgan fingerprint density at radius 1 is 1.23 bits per heavy atom. The molecule has 0 unspecified atom stereocenters. The summed E-state index contributed by atoms with van der Waals surface area (Å²) in [7, 11) is 3.80. The molecule has 0 saturated heterocycles. The maximum Gasteiger partial charge on any atom is 0.254 e. The lowest BCUT2D eigenvalue weighted by Gasteiger charge is -2.34. The molecule has 0 atom stereocenters. The molecule has 1 aromatic carbocycles. The predicted molar refractivity (Wildman–Crippen MR) is 102 cm³/mol. The molecule has 1 aliphatic rings. The molecule has 1 aliphatic carbocycles. The molecule has 1 fully saturated rings. The van der Waals surface area contributed by atoms with Gasteiger partial charge in [0.1, 0.15) is 5.82 Å². The van der Waals surface area contributed by atoms with Crippen molar-refractivity contribution in [2.24, 2.45) is 0 Å². The summed E-state index contributed by atoms with van der Waals surface area (Å²) >= 11 is 0. The van der Waals surface area contributed by atoms with Crippen LogP contribution in [-0.4, -0.2) is 42.9 Å². The smallest absolute Gasteiger partial charge is 0.254 e. The van der Waals surface area contributed by atoms with Crippen molar-refractivity contribution in [1.82, 2.24) is 10.2 Å². The van der Waals surface area contributed by atoms with Gasteiger partial charge in [0.05, 0.1) is 5.56 Å². The monoisotopic (exact) mass is 361 g/mol. The van der Waals surface area contributed by atoms with Crippen LogP contribution in [0.1, 0.15) is 49.4 Å². The molecule has 1 saturated carbocycles. The van der Waals surface area contributed by atoms with Gasteiger partial charge in [-0.1, -0.05) is 25.3 Å². The molecule has 2 N–H and O–H groups in total. The topological polar surface area (TPSA) is 61.4 Å². The maximum atomic E-state index is 14.4. The van der Waals surface area contributed by atoms with E-state index in [9.17, 15) is 14.0 Å². The van der Waals surface area contributed by atoms with Gasteiger partial charge in [0.15, 0.2) is 0 Å². The number of halogens is 1. The van der Waals surface area contributed by atoms with Crippen molar-refractivity contribution >= 4 is 17.5 Å². The van der Waals surface area contributed by atoms with Crippen molar-refractivity contribution in [3.8, 4) is 0 Å². The van der Waals surface area contributed by atoms with Gasteiger partial charge in [-0.25, -0.2) is 4.39 Å². The highest BCUT2D eigenvalue weighted by atomic mass is 19.1. The molecule has 0 bridgehead atoms. The Bertz CT molecular complexity index is 680. The highest BCUT2D eigenvalue weighted by Gasteiger charge is 2.29. The van der Waals surface area contributed by atoms with Gasteiger partial charge in [0, 0.05) is 23.8 Å². The number of carbonyl (C=O) groups excluding carboxylic acids is 2. The first-order valence-electron chi connectivity index (χ1n) is 9.03. The standard InChI is InChI=1S/C20H28FN3O2/c1-20(11-5-4-6-12-20)23-19(26)16-10-9-15(14-17(16)21)22-18(25)8-7-13-24(2)3/h7-10,14H,4-6,11-13H2,1-3H3,(H,22,25)(H,23,26)/b8-7+. The van der Waals surface area contributed by atoms with Crippen molar-refractivity contribution in [3.05, 3.63) is 41.7 Å². The number of hydrogen-bond acceptors (Lipinski definition) is 3. The highest BCUT2D eigenvalue weighted by Crippen LogP contribution is 2.28. The molecule has 1 aromatic rings. The van der Waals surface area contributed by atoms with Crippen LogP contribution < -0.4 is 10.6 Å². The molecule has 26 heavy (non-hydrogen) atoms. The van der Waals surface area contributed by atoms with Crippen LogP contribution in [0.3, 0.4) is 0 Å². The highest BCUT2D eigenvalue weighted by molar-refractivity contribution is 6.00. The number of rotatable bonds is 6. The van der Waals surface area contributed by atoms with Crippen molar-refractivity contribution in [1.29, 1.82) is 0 Å². The quantitative estimate of drug-likeness (QED) is 0.764. The summed E-state index contributed by atoms with van der Waals surface area (Å²) < 4.78 is 14.4. The van der Waals surface area contributed by atoms with Gasteiger partial charge in [-0.3, -0.25) is 9.59 Å². The molecular formula is C20H28FN3O2. The van der Waals surface area contributed by atoms with Crippen molar-refractivity contribution in [3.63, 3.8) is 0 Å². The van der Waals surface area contributed by atoms with E-state index in [4.69, 9.17) is 0 Å². The average Bonchev–Trinajstić information content (AvgIpc) is 2.54. The van der Waals surface area contributed by atoms with E-state index >= 15 is 0 Å². The first-order chi connectivity index (χ1) is 12.3. The van der Waals surface area contributed by atoms with Crippen LogP contribution >= 0.6 is 0 Å². The molecular weight excluding hydrogens is 333 g/mol. The zero-order valence-electron chi connectivity index (χ0n) is 15.8. The molecule has 142 valence electrons. The minimum absolute atomic E-state index is 0.00190. The largest absolute Gasteiger partial charge is 0.347 e. The second-order valence-electron chi connectivity index (χ2n) is 7.42. The Morgan fingerprint density at radius 2 is 1.92 bits per heavy atom. The number of anilines is 1. The third-order valence-electron chi connectivity index (χ3n) is 4.59. The summed E-state index contributed by atoms with van der Waals surface area (Å²) in [5.41, 5.74) is 0.0479. The fraction of sp³-hybridized carbons (Fsp3) is 0.500. The Balaban J connectivity index is 1.99. The Labute approximate surface area is 154 Å². The number of nitrogens with zero attached hydrogens (tertiary/aromatic N) is 1. The zero-order valence-corrected chi connectivity index (χ0v) is 15.8.